The number of pyridine rings is 1. The summed E-state index contributed by atoms with van der Waals surface area (Å²) in [7, 11) is 0. The molecule has 6 heteroatoms. The molecule has 152 valence electrons. The Morgan fingerprint density at radius 1 is 1.20 bits per heavy atom. The van der Waals surface area contributed by atoms with Crippen LogP contribution in [0.25, 0.3) is 31.7 Å². The monoisotopic (exact) mass is 433 g/mol. The summed E-state index contributed by atoms with van der Waals surface area (Å²) in [6, 6.07) is 10.4. The second kappa shape index (κ2) is 7.45. The number of benzene rings is 1. The van der Waals surface area contributed by atoms with Crippen molar-refractivity contribution in [1.29, 1.82) is 0 Å². The smallest absolute Gasteiger partial charge is 0.127 e. The van der Waals surface area contributed by atoms with Gasteiger partial charge in [0.05, 0.1) is 28.1 Å². The first-order valence-corrected chi connectivity index (χ1v) is 11.8. The van der Waals surface area contributed by atoms with Gasteiger partial charge in [0.1, 0.15) is 16.2 Å². The van der Waals surface area contributed by atoms with Crippen LogP contribution in [0.2, 0.25) is 0 Å². The SMILES string of the molecule is C=C(C)CSc1ncnc2c1sc1nc(-c3ccccc3)c3c(c12)CC(C)(C)OC3. The quantitative estimate of drug-likeness (QED) is 0.211. The normalized spacial score (nSPS) is 15.4. The predicted octanol–water partition coefficient (Wildman–Crippen LogP) is 6.43. The Balaban J connectivity index is 1.80. The molecule has 0 spiro atoms. The van der Waals surface area contributed by atoms with Crippen molar-refractivity contribution in [3.8, 4) is 11.3 Å². The van der Waals surface area contributed by atoms with E-state index in [9.17, 15) is 0 Å². The molecule has 30 heavy (non-hydrogen) atoms. The summed E-state index contributed by atoms with van der Waals surface area (Å²) in [5.74, 6) is 0.849. The summed E-state index contributed by atoms with van der Waals surface area (Å²) in [6.07, 6.45) is 2.52. The van der Waals surface area contributed by atoms with E-state index in [0.29, 0.717) is 6.61 Å². The lowest BCUT2D eigenvalue weighted by Crippen LogP contribution is -2.32. The van der Waals surface area contributed by atoms with Crippen LogP contribution in [0.3, 0.4) is 0 Å². The molecule has 4 nitrogen and oxygen atoms in total. The number of thioether (sulfide) groups is 1. The van der Waals surface area contributed by atoms with Crippen LogP contribution in [0.1, 0.15) is 31.9 Å². The molecule has 5 rings (SSSR count). The zero-order chi connectivity index (χ0) is 20.9. The maximum atomic E-state index is 6.20. The standard InChI is InChI=1S/C24H23N3OS2/c1-14(2)12-29-23-21-20(25-13-26-23)18-16-10-24(3,4)28-11-17(16)19(27-22(18)30-21)15-8-6-5-7-9-15/h5-9,13H,1,10-12H2,2-4H3. The van der Waals surface area contributed by atoms with E-state index in [0.717, 1.165) is 49.1 Å². The van der Waals surface area contributed by atoms with Crippen LogP contribution in [0.15, 0.2) is 53.8 Å². The van der Waals surface area contributed by atoms with Crippen LogP contribution in [-0.4, -0.2) is 26.3 Å². The van der Waals surface area contributed by atoms with Crippen molar-refractivity contribution < 1.29 is 4.74 Å². The minimum atomic E-state index is -0.214. The Morgan fingerprint density at radius 3 is 2.77 bits per heavy atom. The summed E-state index contributed by atoms with van der Waals surface area (Å²) in [5.41, 5.74) is 6.57. The third-order valence-electron chi connectivity index (χ3n) is 5.30. The Labute approximate surface area is 184 Å². The number of hydrogen-bond acceptors (Lipinski definition) is 6. The Morgan fingerprint density at radius 2 is 2.00 bits per heavy atom. The van der Waals surface area contributed by atoms with Crippen molar-refractivity contribution in [2.45, 2.75) is 44.4 Å². The van der Waals surface area contributed by atoms with Gasteiger partial charge in [-0.1, -0.05) is 42.5 Å². The highest BCUT2D eigenvalue weighted by molar-refractivity contribution is 7.99. The minimum Gasteiger partial charge on any atom is -0.370 e. The van der Waals surface area contributed by atoms with E-state index in [4.69, 9.17) is 14.7 Å². The number of fused-ring (bicyclic) bond motifs is 5. The van der Waals surface area contributed by atoms with Crippen LogP contribution in [-0.2, 0) is 17.8 Å². The second-order valence-electron chi connectivity index (χ2n) is 8.39. The first kappa shape index (κ1) is 19.7. The van der Waals surface area contributed by atoms with E-state index >= 15 is 0 Å². The summed E-state index contributed by atoms with van der Waals surface area (Å²) in [5, 5.41) is 2.17. The number of rotatable bonds is 4. The van der Waals surface area contributed by atoms with Crippen molar-refractivity contribution in [1.82, 2.24) is 15.0 Å². The van der Waals surface area contributed by atoms with E-state index in [1.807, 2.05) is 13.0 Å². The van der Waals surface area contributed by atoms with Gasteiger partial charge < -0.3 is 4.74 Å². The molecule has 0 bridgehead atoms. The lowest BCUT2D eigenvalue weighted by atomic mass is 9.88. The fourth-order valence-electron chi connectivity index (χ4n) is 3.91. The minimum absolute atomic E-state index is 0.214. The molecule has 0 saturated heterocycles. The molecule has 0 unspecified atom stereocenters. The Hall–Kier alpha value is -2.28. The maximum absolute atomic E-state index is 6.20. The van der Waals surface area contributed by atoms with Crippen molar-refractivity contribution in [2.24, 2.45) is 0 Å². The molecular formula is C24H23N3OS2. The van der Waals surface area contributed by atoms with Crippen LogP contribution in [0, 0.1) is 0 Å². The molecule has 0 N–H and O–H groups in total. The summed E-state index contributed by atoms with van der Waals surface area (Å²) < 4.78 is 7.31. The van der Waals surface area contributed by atoms with E-state index in [2.05, 4.69) is 49.7 Å². The Kier molecular flexibility index (Phi) is 4.88. The van der Waals surface area contributed by atoms with Crippen molar-refractivity contribution in [3.05, 3.63) is 59.9 Å². The zero-order valence-corrected chi connectivity index (χ0v) is 19.0. The van der Waals surface area contributed by atoms with E-state index < -0.39 is 0 Å². The summed E-state index contributed by atoms with van der Waals surface area (Å²) in [4.78, 5) is 15.4. The number of hydrogen-bond donors (Lipinski definition) is 0. The Bertz CT molecular complexity index is 1280. The van der Waals surface area contributed by atoms with Gasteiger partial charge in [0.15, 0.2) is 0 Å². The largest absolute Gasteiger partial charge is 0.370 e. The predicted molar refractivity (Wildman–Crippen MR) is 126 cm³/mol. The van der Waals surface area contributed by atoms with Crippen LogP contribution >= 0.6 is 23.1 Å². The van der Waals surface area contributed by atoms with Gasteiger partial charge in [0.25, 0.3) is 0 Å². The van der Waals surface area contributed by atoms with Crippen LogP contribution in [0.4, 0.5) is 0 Å². The van der Waals surface area contributed by atoms with Gasteiger partial charge in [-0.3, -0.25) is 0 Å². The molecule has 0 fully saturated rings. The number of aromatic nitrogens is 3. The van der Waals surface area contributed by atoms with E-state index in [1.165, 1.54) is 16.5 Å². The third-order valence-corrected chi connectivity index (χ3v) is 7.73. The lowest BCUT2D eigenvalue weighted by Gasteiger charge is -2.33. The average Bonchev–Trinajstić information content (AvgIpc) is 3.11. The van der Waals surface area contributed by atoms with Gasteiger partial charge >= 0.3 is 0 Å². The van der Waals surface area contributed by atoms with Gasteiger partial charge in [-0.2, -0.15) is 0 Å². The van der Waals surface area contributed by atoms with Crippen molar-refractivity contribution in [3.63, 3.8) is 0 Å². The molecule has 1 aliphatic heterocycles. The lowest BCUT2D eigenvalue weighted by molar-refractivity contribution is -0.0394. The van der Waals surface area contributed by atoms with Crippen LogP contribution in [0.5, 0.6) is 0 Å². The zero-order valence-electron chi connectivity index (χ0n) is 17.4. The number of thiophene rings is 1. The van der Waals surface area contributed by atoms with E-state index in [1.54, 1.807) is 29.4 Å². The molecular weight excluding hydrogens is 410 g/mol. The highest BCUT2D eigenvalue weighted by atomic mass is 32.2. The highest BCUT2D eigenvalue weighted by Crippen LogP contribution is 2.44. The molecule has 4 aromatic rings. The number of nitrogens with zero attached hydrogens (tertiary/aromatic N) is 3. The molecule has 0 atom stereocenters. The average molecular weight is 434 g/mol. The number of ether oxygens (including phenoxy) is 1. The maximum Gasteiger partial charge on any atom is 0.127 e. The van der Waals surface area contributed by atoms with Crippen molar-refractivity contribution >= 4 is 43.5 Å². The molecule has 1 aliphatic rings. The first-order valence-electron chi connectivity index (χ1n) is 9.98. The molecule has 0 radical (unpaired) electrons. The summed E-state index contributed by atoms with van der Waals surface area (Å²) in [6.45, 7) is 10.9. The molecule has 4 heterocycles. The van der Waals surface area contributed by atoms with Crippen LogP contribution < -0.4 is 0 Å². The third kappa shape index (κ3) is 3.43. The molecule has 1 aromatic carbocycles. The van der Waals surface area contributed by atoms with Gasteiger partial charge in [0, 0.05) is 28.7 Å². The van der Waals surface area contributed by atoms with Gasteiger partial charge in [-0.05, 0) is 26.3 Å². The topological polar surface area (TPSA) is 47.9 Å². The van der Waals surface area contributed by atoms with Gasteiger partial charge in [0.2, 0.25) is 0 Å². The van der Waals surface area contributed by atoms with Gasteiger partial charge in [-0.15, -0.1) is 23.1 Å². The molecule has 0 saturated carbocycles. The molecule has 0 amide bonds. The fourth-order valence-corrected chi connectivity index (χ4v) is 5.99. The van der Waals surface area contributed by atoms with E-state index in [-0.39, 0.29) is 5.60 Å². The molecule has 0 aliphatic carbocycles. The second-order valence-corrected chi connectivity index (χ2v) is 10.4. The van der Waals surface area contributed by atoms with Crippen molar-refractivity contribution in [2.75, 3.05) is 5.75 Å². The fraction of sp³-hybridized carbons (Fsp3) is 0.292. The first-order chi connectivity index (χ1) is 14.4. The van der Waals surface area contributed by atoms with Gasteiger partial charge in [-0.25, -0.2) is 15.0 Å². The highest BCUT2D eigenvalue weighted by Gasteiger charge is 2.32. The summed E-state index contributed by atoms with van der Waals surface area (Å²) >= 11 is 3.41. The molecule has 3 aromatic heterocycles.